The van der Waals surface area contributed by atoms with Crippen molar-refractivity contribution < 1.29 is 18.9 Å². The summed E-state index contributed by atoms with van der Waals surface area (Å²) in [6, 6.07) is 9.50. The van der Waals surface area contributed by atoms with Crippen molar-refractivity contribution in [3.8, 4) is 0 Å². The number of hydrogen-bond acceptors (Lipinski definition) is 1. The van der Waals surface area contributed by atoms with Crippen LogP contribution in [0.15, 0.2) is 36.4 Å². The monoisotopic (exact) mass is 319 g/mol. The molecule has 3 nitrogen and oxygen atoms in total. The minimum atomic E-state index is -0.873. The van der Waals surface area contributed by atoms with E-state index >= 15 is 0 Å². The SMILES string of the molecule is Cc1cc(C)cc(NC(=O)C[NH2+][C@H](C)c2ccc(F)c(F)c2)c1. The number of nitrogens with two attached hydrogens (primary N) is 1. The Labute approximate surface area is 134 Å². The second kappa shape index (κ2) is 7.33. The summed E-state index contributed by atoms with van der Waals surface area (Å²) in [5, 5.41) is 4.63. The van der Waals surface area contributed by atoms with Gasteiger partial charge in [0.2, 0.25) is 0 Å². The van der Waals surface area contributed by atoms with Crippen LogP contribution in [0.25, 0.3) is 0 Å². The third kappa shape index (κ3) is 4.86. The Morgan fingerprint density at radius 3 is 2.35 bits per heavy atom. The van der Waals surface area contributed by atoms with E-state index < -0.39 is 11.6 Å². The summed E-state index contributed by atoms with van der Waals surface area (Å²) in [6.45, 7) is 5.99. The Balaban J connectivity index is 1.91. The highest BCUT2D eigenvalue weighted by molar-refractivity contribution is 5.91. The van der Waals surface area contributed by atoms with Crippen LogP contribution in [0.5, 0.6) is 0 Å². The van der Waals surface area contributed by atoms with Crippen molar-refractivity contribution in [2.75, 3.05) is 11.9 Å². The average Bonchev–Trinajstić information content (AvgIpc) is 2.46. The molecule has 0 aliphatic heterocycles. The van der Waals surface area contributed by atoms with Crippen LogP contribution in [0.4, 0.5) is 14.5 Å². The third-order valence-corrected chi connectivity index (χ3v) is 3.63. The fraction of sp³-hybridized carbons (Fsp3) is 0.278. The van der Waals surface area contributed by atoms with Gasteiger partial charge in [0.05, 0.1) is 0 Å². The standard InChI is InChI=1S/C18H20F2N2O/c1-11-6-12(2)8-15(7-11)22-18(23)10-21-13(3)14-4-5-16(19)17(20)9-14/h4-9,13,21H,10H2,1-3H3,(H,22,23)/p+1/t13-/m1/s1. The molecule has 2 aromatic rings. The molecule has 1 atom stereocenters. The van der Waals surface area contributed by atoms with Crippen LogP contribution < -0.4 is 10.6 Å². The summed E-state index contributed by atoms with van der Waals surface area (Å²) < 4.78 is 26.2. The van der Waals surface area contributed by atoms with Gasteiger partial charge in [-0.1, -0.05) is 6.07 Å². The first-order valence-electron chi connectivity index (χ1n) is 7.51. The van der Waals surface area contributed by atoms with Gasteiger partial charge < -0.3 is 10.6 Å². The zero-order valence-electron chi connectivity index (χ0n) is 13.5. The summed E-state index contributed by atoms with van der Waals surface area (Å²) in [5.74, 6) is -1.87. The smallest absolute Gasteiger partial charge is 0.279 e. The van der Waals surface area contributed by atoms with E-state index in [9.17, 15) is 13.6 Å². The number of anilines is 1. The summed E-state index contributed by atoms with van der Waals surface area (Å²) >= 11 is 0. The van der Waals surface area contributed by atoms with Gasteiger partial charge in [0.1, 0.15) is 6.04 Å². The maximum atomic E-state index is 13.2. The normalized spacial score (nSPS) is 12.0. The zero-order valence-corrected chi connectivity index (χ0v) is 13.5. The highest BCUT2D eigenvalue weighted by atomic mass is 19.2. The van der Waals surface area contributed by atoms with E-state index in [1.165, 1.54) is 12.1 Å². The summed E-state index contributed by atoms with van der Waals surface area (Å²) in [4.78, 5) is 12.0. The third-order valence-electron chi connectivity index (χ3n) is 3.63. The molecule has 0 radical (unpaired) electrons. The van der Waals surface area contributed by atoms with Crippen molar-refractivity contribution in [1.29, 1.82) is 0 Å². The van der Waals surface area contributed by atoms with E-state index in [0.29, 0.717) is 5.56 Å². The van der Waals surface area contributed by atoms with E-state index in [1.54, 1.807) is 5.32 Å². The predicted molar refractivity (Wildman–Crippen MR) is 86.1 cm³/mol. The largest absolute Gasteiger partial charge is 0.333 e. The van der Waals surface area contributed by atoms with E-state index in [2.05, 4.69) is 5.32 Å². The van der Waals surface area contributed by atoms with Crippen LogP contribution in [0.3, 0.4) is 0 Å². The Kier molecular flexibility index (Phi) is 5.45. The quantitative estimate of drug-likeness (QED) is 0.874. The van der Waals surface area contributed by atoms with Crippen LogP contribution in [-0.4, -0.2) is 12.5 Å². The lowest BCUT2D eigenvalue weighted by Crippen LogP contribution is -2.86. The molecule has 122 valence electrons. The summed E-state index contributed by atoms with van der Waals surface area (Å²) in [6.07, 6.45) is 0. The van der Waals surface area contributed by atoms with E-state index in [-0.39, 0.29) is 18.5 Å². The molecule has 3 N–H and O–H groups in total. The molecule has 0 aliphatic rings. The Morgan fingerprint density at radius 2 is 1.74 bits per heavy atom. The predicted octanol–water partition coefficient (Wildman–Crippen LogP) is 2.84. The number of carbonyl (C=O) groups is 1. The molecular formula is C18H21F2N2O+. The number of halogens is 2. The number of rotatable bonds is 5. The van der Waals surface area contributed by atoms with Crippen molar-refractivity contribution in [1.82, 2.24) is 0 Å². The first-order chi connectivity index (χ1) is 10.8. The lowest BCUT2D eigenvalue weighted by molar-refractivity contribution is -0.682. The topological polar surface area (TPSA) is 45.7 Å². The second-order valence-electron chi connectivity index (χ2n) is 5.83. The second-order valence-corrected chi connectivity index (χ2v) is 5.83. The molecule has 0 unspecified atom stereocenters. The first kappa shape index (κ1) is 17.1. The molecular weight excluding hydrogens is 298 g/mol. The molecule has 0 saturated heterocycles. The van der Waals surface area contributed by atoms with Gasteiger partial charge in [0.15, 0.2) is 18.2 Å². The number of hydrogen-bond donors (Lipinski definition) is 2. The molecule has 0 fully saturated rings. The molecule has 23 heavy (non-hydrogen) atoms. The molecule has 0 aliphatic carbocycles. The van der Waals surface area contributed by atoms with Crippen molar-refractivity contribution >= 4 is 11.6 Å². The van der Waals surface area contributed by atoms with Crippen LogP contribution >= 0.6 is 0 Å². The number of carbonyl (C=O) groups excluding carboxylic acids is 1. The van der Waals surface area contributed by atoms with Gasteiger partial charge in [-0.2, -0.15) is 0 Å². The highest BCUT2D eigenvalue weighted by Crippen LogP contribution is 2.14. The van der Waals surface area contributed by atoms with Crippen LogP contribution in [0.1, 0.15) is 29.7 Å². The van der Waals surface area contributed by atoms with E-state index in [4.69, 9.17) is 0 Å². The molecule has 2 aromatic carbocycles. The number of nitrogens with one attached hydrogen (secondary N) is 1. The van der Waals surface area contributed by atoms with Crippen LogP contribution in [0, 0.1) is 25.5 Å². The van der Waals surface area contributed by atoms with Gasteiger partial charge in [-0.25, -0.2) is 8.78 Å². The van der Waals surface area contributed by atoms with Gasteiger partial charge in [-0.15, -0.1) is 0 Å². The molecule has 0 saturated carbocycles. The van der Waals surface area contributed by atoms with Crippen molar-refractivity contribution in [2.24, 2.45) is 0 Å². The molecule has 0 spiro atoms. The highest BCUT2D eigenvalue weighted by Gasteiger charge is 2.14. The maximum absolute atomic E-state index is 13.2. The Morgan fingerprint density at radius 1 is 1.09 bits per heavy atom. The van der Waals surface area contributed by atoms with Gasteiger partial charge in [0, 0.05) is 11.3 Å². The molecule has 2 rings (SSSR count). The van der Waals surface area contributed by atoms with Crippen LogP contribution in [-0.2, 0) is 4.79 Å². The lowest BCUT2D eigenvalue weighted by atomic mass is 10.1. The summed E-state index contributed by atoms with van der Waals surface area (Å²) in [7, 11) is 0. The Bertz CT molecular complexity index is 696. The van der Waals surface area contributed by atoms with Crippen molar-refractivity contribution in [2.45, 2.75) is 26.8 Å². The summed E-state index contributed by atoms with van der Waals surface area (Å²) in [5.41, 5.74) is 3.57. The van der Waals surface area contributed by atoms with Crippen LogP contribution in [0.2, 0.25) is 0 Å². The van der Waals surface area contributed by atoms with Gasteiger partial charge >= 0.3 is 0 Å². The average molecular weight is 319 g/mol. The van der Waals surface area contributed by atoms with Gasteiger partial charge in [0.25, 0.3) is 5.91 Å². The number of benzene rings is 2. The van der Waals surface area contributed by atoms with Gasteiger partial charge in [-0.3, -0.25) is 4.79 Å². The minimum absolute atomic E-state index is 0.135. The fourth-order valence-corrected chi connectivity index (χ4v) is 2.47. The van der Waals surface area contributed by atoms with Crippen molar-refractivity contribution in [3.63, 3.8) is 0 Å². The fourth-order valence-electron chi connectivity index (χ4n) is 2.47. The number of quaternary nitrogens is 1. The lowest BCUT2D eigenvalue weighted by Gasteiger charge is -2.12. The van der Waals surface area contributed by atoms with E-state index in [0.717, 1.165) is 22.9 Å². The van der Waals surface area contributed by atoms with Crippen molar-refractivity contribution in [3.05, 3.63) is 64.7 Å². The molecule has 0 heterocycles. The Hall–Kier alpha value is -2.27. The number of aryl methyl sites for hydroxylation is 2. The van der Waals surface area contributed by atoms with E-state index in [1.807, 2.05) is 39.0 Å². The zero-order chi connectivity index (χ0) is 17.0. The maximum Gasteiger partial charge on any atom is 0.279 e. The molecule has 0 aromatic heterocycles. The first-order valence-corrected chi connectivity index (χ1v) is 7.51. The number of amides is 1. The van der Waals surface area contributed by atoms with Gasteiger partial charge in [-0.05, 0) is 62.2 Å². The molecule has 5 heteroatoms. The minimum Gasteiger partial charge on any atom is -0.333 e. The molecule has 1 amide bonds. The molecule has 0 bridgehead atoms.